The maximum absolute atomic E-state index is 11.3. The number of nitrogens with zero attached hydrogens (tertiary/aromatic N) is 2. The molecule has 108 valence electrons. The normalized spacial score (nSPS) is 21.6. The average molecular weight is 279 g/mol. The Bertz CT molecular complexity index is 535. The van der Waals surface area contributed by atoms with E-state index in [2.05, 4.69) is 0 Å². The number of nitro benzene ring substituents is 1. The highest BCUT2D eigenvalue weighted by atomic mass is 16.6. The van der Waals surface area contributed by atoms with E-state index < -0.39 is 0 Å². The van der Waals surface area contributed by atoms with Crippen LogP contribution in [0.3, 0.4) is 0 Å². The summed E-state index contributed by atoms with van der Waals surface area (Å²) in [6, 6.07) is 3.20. The fourth-order valence-corrected chi connectivity index (χ4v) is 2.70. The molecule has 2 aliphatic heterocycles. The number of nitro groups is 1. The first kappa shape index (κ1) is 13.0. The van der Waals surface area contributed by atoms with Crippen LogP contribution >= 0.6 is 0 Å². The fraction of sp³-hybridized carbons (Fsp3) is 0.538. The van der Waals surface area contributed by atoms with E-state index in [0.717, 1.165) is 19.4 Å². The van der Waals surface area contributed by atoms with E-state index >= 15 is 0 Å². The first-order chi connectivity index (χ1) is 9.65. The van der Waals surface area contributed by atoms with Gasteiger partial charge in [0.1, 0.15) is 18.9 Å². The molecule has 3 rings (SSSR count). The third-order valence-electron chi connectivity index (χ3n) is 3.63. The minimum absolute atomic E-state index is 0.0448. The molecule has 20 heavy (non-hydrogen) atoms. The third-order valence-corrected chi connectivity index (χ3v) is 3.63. The zero-order valence-electron chi connectivity index (χ0n) is 11.1. The van der Waals surface area contributed by atoms with Gasteiger partial charge in [0.25, 0.3) is 5.69 Å². The summed E-state index contributed by atoms with van der Waals surface area (Å²) in [5.41, 5.74) is 6.57. The molecule has 0 aromatic heterocycles. The van der Waals surface area contributed by atoms with Crippen molar-refractivity contribution in [2.75, 3.05) is 31.2 Å². The standard InChI is InChI=1S/C13H17N3O4/c14-9-2-1-3-15(8-9)10-6-12-13(20-5-4-19-12)7-11(10)16(17)18/h6-7,9H,1-5,8,14H2/t9-/m1/s1. The number of benzene rings is 1. The van der Waals surface area contributed by atoms with Crippen molar-refractivity contribution in [2.45, 2.75) is 18.9 Å². The SMILES string of the molecule is N[C@@H]1CCCN(c2cc3c(cc2[N+](=O)[O-])OCCO3)C1. The van der Waals surface area contributed by atoms with Crippen molar-refractivity contribution in [2.24, 2.45) is 5.73 Å². The summed E-state index contributed by atoms with van der Waals surface area (Å²) in [5.74, 6) is 1.00. The smallest absolute Gasteiger partial charge is 0.296 e. The maximum Gasteiger partial charge on any atom is 0.296 e. The molecule has 0 radical (unpaired) electrons. The Balaban J connectivity index is 2.01. The van der Waals surface area contributed by atoms with E-state index in [4.69, 9.17) is 15.2 Å². The van der Waals surface area contributed by atoms with Crippen LogP contribution in [-0.4, -0.2) is 37.3 Å². The zero-order chi connectivity index (χ0) is 14.1. The van der Waals surface area contributed by atoms with Crippen LogP contribution in [0.2, 0.25) is 0 Å². The van der Waals surface area contributed by atoms with Gasteiger partial charge in [-0.1, -0.05) is 0 Å². The van der Waals surface area contributed by atoms with Crippen molar-refractivity contribution in [3.05, 3.63) is 22.2 Å². The van der Waals surface area contributed by atoms with Gasteiger partial charge in [-0.15, -0.1) is 0 Å². The number of ether oxygens (including phenoxy) is 2. The van der Waals surface area contributed by atoms with Crippen LogP contribution in [-0.2, 0) is 0 Å². The maximum atomic E-state index is 11.3. The van der Waals surface area contributed by atoms with E-state index in [-0.39, 0.29) is 16.7 Å². The molecular weight excluding hydrogens is 262 g/mol. The minimum Gasteiger partial charge on any atom is -0.486 e. The molecule has 1 aromatic rings. The molecule has 1 saturated heterocycles. The Morgan fingerprint density at radius 1 is 1.30 bits per heavy atom. The van der Waals surface area contributed by atoms with Gasteiger partial charge in [0, 0.05) is 25.2 Å². The zero-order valence-corrected chi connectivity index (χ0v) is 11.1. The summed E-state index contributed by atoms with van der Waals surface area (Å²) in [4.78, 5) is 12.9. The summed E-state index contributed by atoms with van der Waals surface area (Å²) >= 11 is 0. The van der Waals surface area contributed by atoms with Crippen molar-refractivity contribution in [3.63, 3.8) is 0 Å². The van der Waals surface area contributed by atoms with Crippen molar-refractivity contribution in [1.29, 1.82) is 0 Å². The van der Waals surface area contributed by atoms with Crippen molar-refractivity contribution in [3.8, 4) is 11.5 Å². The number of fused-ring (bicyclic) bond motifs is 1. The monoisotopic (exact) mass is 279 g/mol. The Labute approximate surface area is 116 Å². The predicted octanol–water partition coefficient (Wildman–Crippen LogP) is 1.29. The summed E-state index contributed by atoms with van der Waals surface area (Å²) in [6.07, 6.45) is 1.89. The number of anilines is 1. The Morgan fingerprint density at radius 2 is 2.00 bits per heavy atom. The number of hydrogen-bond donors (Lipinski definition) is 1. The predicted molar refractivity (Wildman–Crippen MR) is 73.5 cm³/mol. The largest absolute Gasteiger partial charge is 0.486 e. The number of piperidine rings is 1. The number of hydrogen-bond acceptors (Lipinski definition) is 6. The second kappa shape index (κ2) is 5.16. The summed E-state index contributed by atoms with van der Waals surface area (Å²) in [6.45, 7) is 2.27. The van der Waals surface area contributed by atoms with Crippen molar-refractivity contribution in [1.82, 2.24) is 0 Å². The van der Waals surface area contributed by atoms with Gasteiger partial charge < -0.3 is 20.1 Å². The van der Waals surface area contributed by atoms with E-state index in [9.17, 15) is 10.1 Å². The first-order valence-electron chi connectivity index (χ1n) is 6.73. The molecule has 1 fully saturated rings. The Kier molecular flexibility index (Phi) is 3.35. The molecule has 0 unspecified atom stereocenters. The van der Waals surface area contributed by atoms with Gasteiger partial charge in [-0.05, 0) is 12.8 Å². The van der Waals surface area contributed by atoms with Crippen LogP contribution in [0.4, 0.5) is 11.4 Å². The second-order valence-electron chi connectivity index (χ2n) is 5.09. The van der Waals surface area contributed by atoms with Gasteiger partial charge in [-0.25, -0.2) is 0 Å². The van der Waals surface area contributed by atoms with Gasteiger partial charge in [0.15, 0.2) is 11.5 Å². The summed E-state index contributed by atoms with van der Waals surface area (Å²) < 4.78 is 10.9. The molecule has 7 heteroatoms. The van der Waals surface area contributed by atoms with Crippen LogP contribution in [0.5, 0.6) is 11.5 Å². The lowest BCUT2D eigenvalue weighted by atomic mass is 10.1. The Hall–Kier alpha value is -2.02. The average Bonchev–Trinajstić information content (AvgIpc) is 2.46. The highest BCUT2D eigenvalue weighted by Gasteiger charge is 2.28. The summed E-state index contributed by atoms with van der Waals surface area (Å²) in [7, 11) is 0. The third kappa shape index (κ3) is 2.36. The van der Waals surface area contributed by atoms with E-state index in [1.54, 1.807) is 6.07 Å². The van der Waals surface area contributed by atoms with Gasteiger partial charge in [-0.3, -0.25) is 10.1 Å². The topological polar surface area (TPSA) is 90.9 Å². The lowest BCUT2D eigenvalue weighted by Crippen LogP contribution is -2.43. The molecule has 2 heterocycles. The molecule has 0 spiro atoms. The van der Waals surface area contributed by atoms with Crippen LogP contribution in [0, 0.1) is 10.1 Å². The highest BCUT2D eigenvalue weighted by molar-refractivity contribution is 5.70. The lowest BCUT2D eigenvalue weighted by molar-refractivity contribution is -0.384. The van der Waals surface area contributed by atoms with Crippen LogP contribution < -0.4 is 20.1 Å². The van der Waals surface area contributed by atoms with Gasteiger partial charge >= 0.3 is 0 Å². The van der Waals surface area contributed by atoms with E-state index in [1.807, 2.05) is 4.90 Å². The molecule has 7 nitrogen and oxygen atoms in total. The van der Waals surface area contributed by atoms with Gasteiger partial charge in [0.05, 0.1) is 11.0 Å². The van der Waals surface area contributed by atoms with Gasteiger partial charge in [-0.2, -0.15) is 0 Å². The molecule has 2 N–H and O–H groups in total. The lowest BCUT2D eigenvalue weighted by Gasteiger charge is -2.32. The number of nitrogens with two attached hydrogens (primary N) is 1. The second-order valence-corrected chi connectivity index (χ2v) is 5.09. The fourth-order valence-electron chi connectivity index (χ4n) is 2.70. The van der Waals surface area contributed by atoms with Crippen molar-refractivity contribution >= 4 is 11.4 Å². The molecular formula is C13H17N3O4. The first-order valence-corrected chi connectivity index (χ1v) is 6.73. The minimum atomic E-state index is -0.381. The summed E-state index contributed by atoms with van der Waals surface area (Å²) in [5, 5.41) is 11.3. The molecule has 0 aliphatic carbocycles. The van der Waals surface area contributed by atoms with Crippen LogP contribution in [0.1, 0.15) is 12.8 Å². The molecule has 2 aliphatic rings. The van der Waals surface area contributed by atoms with Crippen LogP contribution in [0.25, 0.3) is 0 Å². The Morgan fingerprint density at radius 3 is 2.65 bits per heavy atom. The highest BCUT2D eigenvalue weighted by Crippen LogP contribution is 2.41. The quantitative estimate of drug-likeness (QED) is 0.648. The van der Waals surface area contributed by atoms with E-state index in [0.29, 0.717) is 36.9 Å². The molecule has 0 saturated carbocycles. The molecule has 1 atom stereocenters. The molecule has 0 amide bonds. The van der Waals surface area contributed by atoms with E-state index in [1.165, 1.54) is 6.07 Å². The number of rotatable bonds is 2. The van der Waals surface area contributed by atoms with Crippen LogP contribution in [0.15, 0.2) is 12.1 Å². The van der Waals surface area contributed by atoms with Crippen molar-refractivity contribution < 1.29 is 14.4 Å². The van der Waals surface area contributed by atoms with Gasteiger partial charge in [0.2, 0.25) is 0 Å². The molecule has 0 bridgehead atoms. The molecule has 1 aromatic carbocycles.